The third-order valence-electron chi connectivity index (χ3n) is 5.29. The molecule has 1 atom stereocenters. The lowest BCUT2D eigenvalue weighted by Crippen LogP contribution is -2.53. The maximum atomic E-state index is 13.9. The highest BCUT2D eigenvalue weighted by molar-refractivity contribution is 5.98. The number of likely N-dealkylation sites (tertiary alicyclic amines) is 1. The van der Waals surface area contributed by atoms with Crippen molar-refractivity contribution in [1.29, 1.82) is 0 Å². The van der Waals surface area contributed by atoms with Crippen LogP contribution in [-0.2, 0) is 14.3 Å². The van der Waals surface area contributed by atoms with Crippen molar-refractivity contribution in [1.82, 2.24) is 10.2 Å². The van der Waals surface area contributed by atoms with Crippen LogP contribution in [0.15, 0.2) is 18.2 Å². The van der Waals surface area contributed by atoms with Crippen molar-refractivity contribution in [2.45, 2.75) is 39.0 Å². The molecule has 1 aromatic carbocycles. The lowest BCUT2D eigenvalue weighted by Gasteiger charge is -2.36. The van der Waals surface area contributed by atoms with Gasteiger partial charge in [0.1, 0.15) is 23.2 Å². The molecule has 154 valence electrons. The summed E-state index contributed by atoms with van der Waals surface area (Å²) in [6, 6.07) is 2.36. The van der Waals surface area contributed by atoms with Crippen LogP contribution < -0.4 is 5.32 Å². The zero-order valence-corrected chi connectivity index (χ0v) is 16.1. The Kier molecular flexibility index (Phi) is 6.61. The molecule has 3 rings (SSSR count). The van der Waals surface area contributed by atoms with Crippen molar-refractivity contribution >= 4 is 11.8 Å². The Labute approximate surface area is 163 Å². The van der Waals surface area contributed by atoms with Gasteiger partial charge in [-0.1, -0.05) is 19.9 Å². The van der Waals surface area contributed by atoms with E-state index in [4.69, 9.17) is 9.47 Å². The molecule has 6 nitrogen and oxygen atoms in total. The zero-order chi connectivity index (χ0) is 20.3. The van der Waals surface area contributed by atoms with E-state index in [0.717, 1.165) is 25.0 Å². The highest BCUT2D eigenvalue weighted by Gasteiger charge is 2.35. The summed E-state index contributed by atoms with van der Waals surface area (Å²) in [6.07, 6.45) is 1.29. The Morgan fingerprint density at radius 3 is 2.21 bits per heavy atom. The van der Waals surface area contributed by atoms with Gasteiger partial charge in [-0.25, -0.2) is 8.78 Å². The molecule has 0 saturated carbocycles. The minimum absolute atomic E-state index is 0.207. The molecule has 28 heavy (non-hydrogen) atoms. The normalized spacial score (nSPS) is 19.8. The highest BCUT2D eigenvalue weighted by Crippen LogP contribution is 2.26. The Hall–Kier alpha value is -2.06. The number of nitrogens with one attached hydrogen (secondary N) is 1. The van der Waals surface area contributed by atoms with E-state index < -0.39 is 29.1 Å². The maximum Gasteiger partial charge on any atom is 0.257 e. The largest absolute Gasteiger partial charge is 0.350 e. The van der Waals surface area contributed by atoms with E-state index in [1.165, 1.54) is 6.07 Å². The molecule has 8 heteroatoms. The van der Waals surface area contributed by atoms with Crippen LogP contribution in [0.2, 0.25) is 0 Å². The minimum atomic E-state index is -0.954. The van der Waals surface area contributed by atoms with E-state index in [-0.39, 0.29) is 24.0 Å². The fourth-order valence-corrected chi connectivity index (χ4v) is 3.68. The number of nitrogens with zero attached hydrogens (tertiary/aromatic N) is 1. The van der Waals surface area contributed by atoms with Gasteiger partial charge in [0.2, 0.25) is 5.91 Å². The number of carbonyl (C=O) groups is 2. The topological polar surface area (TPSA) is 67.9 Å². The van der Waals surface area contributed by atoms with Crippen LogP contribution in [0.3, 0.4) is 0 Å². The lowest BCUT2D eigenvalue weighted by atomic mass is 9.94. The van der Waals surface area contributed by atoms with E-state index >= 15 is 0 Å². The molecule has 2 amide bonds. The van der Waals surface area contributed by atoms with Gasteiger partial charge in [0.25, 0.3) is 5.91 Å². The number of benzene rings is 1. The number of rotatable bonds is 5. The first kappa shape index (κ1) is 20.7. The quantitative estimate of drug-likeness (QED) is 0.830. The number of ether oxygens (including phenoxy) is 2. The molecule has 0 radical (unpaired) electrons. The van der Waals surface area contributed by atoms with Crippen molar-refractivity contribution < 1.29 is 27.8 Å². The van der Waals surface area contributed by atoms with Gasteiger partial charge in [0.05, 0.1) is 13.2 Å². The van der Waals surface area contributed by atoms with Gasteiger partial charge in [-0.2, -0.15) is 0 Å². The van der Waals surface area contributed by atoms with Crippen molar-refractivity contribution in [2.24, 2.45) is 11.8 Å². The summed E-state index contributed by atoms with van der Waals surface area (Å²) in [5.41, 5.74) is -0.671. The molecule has 2 fully saturated rings. The molecule has 0 unspecified atom stereocenters. The monoisotopic (exact) mass is 396 g/mol. The lowest BCUT2D eigenvalue weighted by molar-refractivity contribution is -0.139. The average Bonchev–Trinajstić information content (AvgIpc) is 3.20. The van der Waals surface area contributed by atoms with Crippen molar-refractivity contribution in [3.05, 3.63) is 35.4 Å². The van der Waals surface area contributed by atoms with Crippen LogP contribution in [-0.4, -0.2) is 55.3 Å². The molecular formula is C20H26F2N2O4. The van der Waals surface area contributed by atoms with Crippen LogP contribution in [0.4, 0.5) is 8.78 Å². The molecule has 0 bridgehead atoms. The van der Waals surface area contributed by atoms with Gasteiger partial charge >= 0.3 is 0 Å². The van der Waals surface area contributed by atoms with Gasteiger partial charge in [-0.15, -0.1) is 0 Å². The third kappa shape index (κ3) is 4.50. The first-order valence-electron chi connectivity index (χ1n) is 9.65. The van der Waals surface area contributed by atoms with Gasteiger partial charge < -0.3 is 19.7 Å². The Bertz CT molecular complexity index is 694. The van der Waals surface area contributed by atoms with Crippen LogP contribution in [0, 0.1) is 23.5 Å². The zero-order valence-electron chi connectivity index (χ0n) is 16.1. The van der Waals surface area contributed by atoms with Crippen LogP contribution in [0.25, 0.3) is 0 Å². The third-order valence-corrected chi connectivity index (χ3v) is 5.29. The summed E-state index contributed by atoms with van der Waals surface area (Å²) in [5.74, 6) is -3.07. The van der Waals surface area contributed by atoms with Gasteiger partial charge in [-0.05, 0) is 30.9 Å². The fourth-order valence-electron chi connectivity index (χ4n) is 3.68. The highest BCUT2D eigenvalue weighted by atomic mass is 19.1. The van der Waals surface area contributed by atoms with Gasteiger partial charge in [0.15, 0.2) is 6.29 Å². The van der Waals surface area contributed by atoms with E-state index in [1.807, 2.05) is 0 Å². The minimum Gasteiger partial charge on any atom is -0.350 e. The summed E-state index contributed by atoms with van der Waals surface area (Å²) in [5, 5.41) is 2.52. The molecular weight excluding hydrogens is 370 g/mol. The van der Waals surface area contributed by atoms with Crippen molar-refractivity contribution in [3.8, 4) is 0 Å². The fraction of sp³-hybridized carbons (Fsp3) is 0.600. The molecule has 0 aromatic heterocycles. The standard InChI is InChI=1S/C20H26F2N2O4/c1-12(2)17(23-18(25)16-14(21)4-3-5-15(16)22)19(26)24-8-6-13(7-9-24)20-27-10-11-28-20/h3-5,12-13,17,20H,6-11H2,1-2H3,(H,23,25)/t17-/m0/s1. The van der Waals surface area contributed by atoms with E-state index in [1.54, 1.807) is 18.7 Å². The second kappa shape index (κ2) is 8.96. The van der Waals surface area contributed by atoms with E-state index in [2.05, 4.69) is 5.32 Å². The SMILES string of the molecule is CC(C)[C@H](NC(=O)c1c(F)cccc1F)C(=O)N1CCC(C2OCCO2)CC1. The summed E-state index contributed by atoms with van der Waals surface area (Å²) >= 11 is 0. The molecule has 0 spiro atoms. The van der Waals surface area contributed by atoms with Crippen molar-refractivity contribution in [3.63, 3.8) is 0 Å². The number of piperidine rings is 1. The second-order valence-electron chi connectivity index (χ2n) is 7.56. The van der Waals surface area contributed by atoms with E-state index in [9.17, 15) is 18.4 Å². The predicted molar refractivity (Wildman–Crippen MR) is 97.4 cm³/mol. The predicted octanol–water partition coefficient (Wildman–Crippen LogP) is 2.33. The molecule has 2 aliphatic rings. The molecule has 1 aromatic rings. The maximum absolute atomic E-state index is 13.9. The van der Waals surface area contributed by atoms with Gasteiger partial charge in [0, 0.05) is 19.0 Å². The van der Waals surface area contributed by atoms with Crippen LogP contribution in [0.1, 0.15) is 37.0 Å². The van der Waals surface area contributed by atoms with Gasteiger partial charge in [-0.3, -0.25) is 9.59 Å². The number of hydrogen-bond acceptors (Lipinski definition) is 4. The first-order chi connectivity index (χ1) is 13.4. The Morgan fingerprint density at radius 2 is 1.68 bits per heavy atom. The van der Waals surface area contributed by atoms with Crippen LogP contribution in [0.5, 0.6) is 0 Å². The molecule has 0 aliphatic carbocycles. The Balaban J connectivity index is 1.63. The first-order valence-corrected chi connectivity index (χ1v) is 9.65. The Morgan fingerprint density at radius 1 is 1.11 bits per heavy atom. The molecule has 2 heterocycles. The number of hydrogen-bond donors (Lipinski definition) is 1. The smallest absolute Gasteiger partial charge is 0.257 e. The molecule has 1 N–H and O–H groups in total. The number of halogens is 2. The molecule has 2 aliphatic heterocycles. The summed E-state index contributed by atoms with van der Waals surface area (Å²) in [6.45, 7) is 5.82. The van der Waals surface area contributed by atoms with E-state index in [0.29, 0.717) is 26.3 Å². The van der Waals surface area contributed by atoms with Crippen molar-refractivity contribution in [2.75, 3.05) is 26.3 Å². The molecule has 2 saturated heterocycles. The second-order valence-corrected chi connectivity index (χ2v) is 7.56. The average molecular weight is 396 g/mol. The number of amides is 2. The summed E-state index contributed by atoms with van der Waals surface area (Å²) in [4.78, 5) is 27.1. The summed E-state index contributed by atoms with van der Waals surface area (Å²) < 4.78 is 38.8. The summed E-state index contributed by atoms with van der Waals surface area (Å²) in [7, 11) is 0. The van der Waals surface area contributed by atoms with Crippen LogP contribution >= 0.6 is 0 Å². The number of carbonyl (C=O) groups excluding carboxylic acids is 2.